The molecule has 21 heavy (non-hydrogen) atoms. The van der Waals surface area contributed by atoms with Crippen LogP contribution in [0.3, 0.4) is 0 Å². The Balaban J connectivity index is 1.63. The summed E-state index contributed by atoms with van der Waals surface area (Å²) in [7, 11) is 0. The van der Waals surface area contributed by atoms with E-state index in [1.54, 1.807) is 0 Å². The number of nitrogens with zero attached hydrogens (tertiary/aromatic N) is 3. The van der Waals surface area contributed by atoms with Gasteiger partial charge in [0.2, 0.25) is 0 Å². The van der Waals surface area contributed by atoms with Gasteiger partial charge in [0.25, 0.3) is 0 Å². The summed E-state index contributed by atoms with van der Waals surface area (Å²) in [4.78, 5) is 2.49. The zero-order valence-electron chi connectivity index (χ0n) is 12.9. The lowest BCUT2D eigenvalue weighted by Crippen LogP contribution is -2.45. The van der Waals surface area contributed by atoms with E-state index >= 15 is 0 Å². The van der Waals surface area contributed by atoms with Crippen LogP contribution in [0.25, 0.3) is 0 Å². The summed E-state index contributed by atoms with van der Waals surface area (Å²) in [6.45, 7) is 8.41. The van der Waals surface area contributed by atoms with Crippen LogP contribution in [0.15, 0.2) is 42.6 Å². The van der Waals surface area contributed by atoms with Crippen LogP contribution >= 0.6 is 0 Å². The Bertz CT molecular complexity index is 561. The van der Waals surface area contributed by atoms with E-state index in [2.05, 4.69) is 71.8 Å². The molecule has 2 heterocycles. The van der Waals surface area contributed by atoms with E-state index in [0.717, 1.165) is 31.9 Å². The molecule has 0 bridgehead atoms. The van der Waals surface area contributed by atoms with Gasteiger partial charge >= 0.3 is 0 Å². The molecule has 0 amide bonds. The minimum atomic E-state index is 0.423. The summed E-state index contributed by atoms with van der Waals surface area (Å²) < 4.78 is 2.03. The van der Waals surface area contributed by atoms with Crippen molar-refractivity contribution in [1.82, 2.24) is 20.0 Å². The second-order valence-corrected chi connectivity index (χ2v) is 6.03. The standard InChI is InChI=1S/C17H24N4/c1-14(2)21-10-8-16(19-21)12-20-11-9-18-17(13-20)15-6-4-3-5-7-15/h3-8,10,14,17-18H,9,11-13H2,1-2H3. The van der Waals surface area contributed by atoms with E-state index in [0.29, 0.717) is 12.1 Å². The zero-order chi connectivity index (χ0) is 14.7. The third-order valence-electron chi connectivity index (χ3n) is 4.04. The van der Waals surface area contributed by atoms with Crippen LogP contribution in [0, 0.1) is 0 Å². The summed E-state index contributed by atoms with van der Waals surface area (Å²) in [5.74, 6) is 0. The van der Waals surface area contributed by atoms with Crippen molar-refractivity contribution in [3.05, 3.63) is 53.9 Å². The fraction of sp³-hybridized carbons (Fsp3) is 0.471. The molecular formula is C17H24N4. The monoisotopic (exact) mass is 284 g/mol. The predicted octanol–water partition coefficient (Wildman–Crippen LogP) is 2.61. The van der Waals surface area contributed by atoms with Crippen LogP contribution in [0.5, 0.6) is 0 Å². The van der Waals surface area contributed by atoms with Crippen molar-refractivity contribution < 1.29 is 0 Å². The highest BCUT2D eigenvalue weighted by Gasteiger charge is 2.21. The van der Waals surface area contributed by atoms with Gasteiger partial charge in [-0.15, -0.1) is 0 Å². The molecule has 1 saturated heterocycles. The lowest BCUT2D eigenvalue weighted by Gasteiger charge is -2.33. The molecule has 0 aliphatic carbocycles. The molecule has 1 fully saturated rings. The molecule has 0 radical (unpaired) electrons. The van der Waals surface area contributed by atoms with Crippen molar-refractivity contribution in [3.8, 4) is 0 Å². The van der Waals surface area contributed by atoms with Gasteiger partial charge in [-0.3, -0.25) is 9.58 Å². The van der Waals surface area contributed by atoms with E-state index in [9.17, 15) is 0 Å². The molecule has 0 spiro atoms. The first-order chi connectivity index (χ1) is 10.2. The van der Waals surface area contributed by atoms with E-state index in [1.807, 2.05) is 4.68 Å². The zero-order valence-corrected chi connectivity index (χ0v) is 12.9. The highest BCUT2D eigenvalue weighted by molar-refractivity contribution is 5.20. The Hall–Kier alpha value is -1.65. The molecule has 0 saturated carbocycles. The molecular weight excluding hydrogens is 260 g/mol. The van der Waals surface area contributed by atoms with Crippen molar-refractivity contribution in [2.45, 2.75) is 32.5 Å². The number of aromatic nitrogens is 2. The highest BCUT2D eigenvalue weighted by atomic mass is 15.3. The van der Waals surface area contributed by atoms with E-state index in [-0.39, 0.29) is 0 Å². The Morgan fingerprint density at radius 3 is 2.76 bits per heavy atom. The summed E-state index contributed by atoms with van der Waals surface area (Å²) in [6, 6.07) is 13.7. The third-order valence-corrected chi connectivity index (χ3v) is 4.04. The number of rotatable bonds is 4. The summed E-state index contributed by atoms with van der Waals surface area (Å²) >= 11 is 0. The van der Waals surface area contributed by atoms with Gasteiger partial charge in [-0.25, -0.2) is 0 Å². The predicted molar refractivity (Wildman–Crippen MR) is 85.1 cm³/mol. The van der Waals surface area contributed by atoms with Crippen LogP contribution in [-0.4, -0.2) is 34.3 Å². The normalized spacial score (nSPS) is 20.0. The lowest BCUT2D eigenvalue weighted by atomic mass is 10.0. The first-order valence-electron chi connectivity index (χ1n) is 7.77. The van der Waals surface area contributed by atoms with Gasteiger partial charge in [0, 0.05) is 44.5 Å². The largest absolute Gasteiger partial charge is 0.308 e. The molecule has 1 N–H and O–H groups in total. The van der Waals surface area contributed by atoms with Gasteiger partial charge < -0.3 is 5.32 Å². The van der Waals surface area contributed by atoms with Gasteiger partial charge in [-0.2, -0.15) is 5.10 Å². The van der Waals surface area contributed by atoms with E-state index < -0.39 is 0 Å². The van der Waals surface area contributed by atoms with Crippen LogP contribution in [0.4, 0.5) is 0 Å². The van der Waals surface area contributed by atoms with Gasteiger partial charge in [-0.05, 0) is 25.5 Å². The maximum absolute atomic E-state index is 4.66. The average Bonchev–Trinajstić information content (AvgIpc) is 2.97. The van der Waals surface area contributed by atoms with Crippen molar-refractivity contribution in [2.24, 2.45) is 0 Å². The van der Waals surface area contributed by atoms with E-state index in [4.69, 9.17) is 0 Å². The summed E-state index contributed by atoms with van der Waals surface area (Å²) in [5.41, 5.74) is 2.53. The number of piperazine rings is 1. The fourth-order valence-corrected chi connectivity index (χ4v) is 2.84. The van der Waals surface area contributed by atoms with Crippen molar-refractivity contribution >= 4 is 0 Å². The molecule has 112 valence electrons. The molecule has 4 heteroatoms. The second-order valence-electron chi connectivity index (χ2n) is 6.03. The summed E-state index contributed by atoms with van der Waals surface area (Å²) in [6.07, 6.45) is 2.08. The Morgan fingerprint density at radius 2 is 2.05 bits per heavy atom. The lowest BCUT2D eigenvalue weighted by molar-refractivity contribution is 0.190. The molecule has 1 atom stereocenters. The smallest absolute Gasteiger partial charge is 0.0764 e. The maximum atomic E-state index is 4.66. The molecule has 3 rings (SSSR count). The second kappa shape index (κ2) is 6.41. The first-order valence-corrected chi connectivity index (χ1v) is 7.77. The molecule has 1 unspecified atom stereocenters. The minimum absolute atomic E-state index is 0.423. The summed E-state index contributed by atoms with van der Waals surface area (Å²) in [5, 5.41) is 8.26. The van der Waals surface area contributed by atoms with Crippen molar-refractivity contribution in [3.63, 3.8) is 0 Å². The molecule has 4 nitrogen and oxygen atoms in total. The Morgan fingerprint density at radius 1 is 1.24 bits per heavy atom. The molecule has 1 aliphatic rings. The Labute approximate surface area is 126 Å². The van der Waals surface area contributed by atoms with Crippen molar-refractivity contribution in [1.29, 1.82) is 0 Å². The van der Waals surface area contributed by atoms with Gasteiger partial charge in [0.05, 0.1) is 5.69 Å². The average molecular weight is 284 g/mol. The number of nitrogens with one attached hydrogen (secondary N) is 1. The van der Waals surface area contributed by atoms with Gasteiger partial charge in [0.15, 0.2) is 0 Å². The minimum Gasteiger partial charge on any atom is -0.308 e. The van der Waals surface area contributed by atoms with Crippen LogP contribution < -0.4 is 5.32 Å². The van der Waals surface area contributed by atoms with Crippen LogP contribution in [-0.2, 0) is 6.54 Å². The number of hydrogen-bond acceptors (Lipinski definition) is 3. The number of benzene rings is 1. The highest BCUT2D eigenvalue weighted by Crippen LogP contribution is 2.18. The van der Waals surface area contributed by atoms with Crippen LogP contribution in [0.2, 0.25) is 0 Å². The SMILES string of the molecule is CC(C)n1ccc(CN2CCNC(c3ccccc3)C2)n1. The van der Waals surface area contributed by atoms with Gasteiger partial charge in [-0.1, -0.05) is 30.3 Å². The maximum Gasteiger partial charge on any atom is 0.0764 e. The van der Waals surface area contributed by atoms with Gasteiger partial charge in [0.1, 0.15) is 0 Å². The molecule has 1 aromatic heterocycles. The molecule has 2 aromatic rings. The molecule has 1 aromatic carbocycles. The topological polar surface area (TPSA) is 33.1 Å². The van der Waals surface area contributed by atoms with Crippen molar-refractivity contribution in [2.75, 3.05) is 19.6 Å². The Kier molecular flexibility index (Phi) is 4.36. The fourth-order valence-electron chi connectivity index (χ4n) is 2.84. The third kappa shape index (κ3) is 3.52. The van der Waals surface area contributed by atoms with Crippen LogP contribution in [0.1, 0.15) is 37.2 Å². The molecule has 1 aliphatic heterocycles. The number of hydrogen-bond donors (Lipinski definition) is 1. The first kappa shape index (κ1) is 14.3. The quantitative estimate of drug-likeness (QED) is 0.937. The van der Waals surface area contributed by atoms with E-state index in [1.165, 1.54) is 5.56 Å².